The number of hydrazone groups is 1. The third-order valence-corrected chi connectivity index (χ3v) is 4.06. The second-order valence-corrected chi connectivity index (χ2v) is 6.03. The van der Waals surface area contributed by atoms with Gasteiger partial charge in [0.05, 0.1) is 17.0 Å². The van der Waals surface area contributed by atoms with Crippen LogP contribution in [-0.4, -0.2) is 29.0 Å². The van der Waals surface area contributed by atoms with Gasteiger partial charge in [-0.1, -0.05) is 0 Å². The lowest BCUT2D eigenvalue weighted by Gasteiger charge is -2.14. The Morgan fingerprint density at radius 1 is 1.32 bits per heavy atom. The number of hydrogen-bond donors (Lipinski definition) is 0. The van der Waals surface area contributed by atoms with Crippen LogP contribution in [-0.2, 0) is 16.0 Å². The normalized spacial score (nSPS) is 16.1. The third-order valence-electron chi connectivity index (χ3n) is 4.06. The first-order chi connectivity index (χ1) is 13.4. The maximum atomic E-state index is 12.7. The van der Waals surface area contributed by atoms with Gasteiger partial charge in [0.25, 0.3) is 5.91 Å². The Balaban J connectivity index is 1.75. The van der Waals surface area contributed by atoms with Gasteiger partial charge in [-0.3, -0.25) is 14.6 Å². The summed E-state index contributed by atoms with van der Waals surface area (Å²) < 4.78 is 28.7. The molecular formula is C19H14F2N4O3. The molecule has 1 aromatic heterocycles. The number of halogens is 2. The van der Waals surface area contributed by atoms with Crippen molar-refractivity contribution in [1.82, 2.24) is 4.98 Å². The van der Waals surface area contributed by atoms with E-state index >= 15 is 0 Å². The molecule has 0 saturated carbocycles. The zero-order valence-corrected chi connectivity index (χ0v) is 14.7. The number of anilines is 1. The summed E-state index contributed by atoms with van der Waals surface area (Å²) >= 11 is 0. The smallest absolute Gasteiger partial charge is 0.387 e. The van der Waals surface area contributed by atoms with Crippen LogP contribution in [0.2, 0.25) is 0 Å². The molecule has 0 bridgehead atoms. The first-order valence-electron chi connectivity index (χ1n) is 8.19. The SMILES string of the molecule is CC1=NN(c2ccc(OC(F)F)cc2)C(=O)C1C(=O)Cc1cncc(C#N)c1. The van der Waals surface area contributed by atoms with Gasteiger partial charge in [-0.15, -0.1) is 0 Å². The average molecular weight is 384 g/mol. The van der Waals surface area contributed by atoms with Crippen LogP contribution in [0.1, 0.15) is 18.1 Å². The molecule has 0 fully saturated rings. The lowest BCUT2D eigenvalue weighted by atomic mass is 9.94. The van der Waals surface area contributed by atoms with E-state index in [1.54, 1.807) is 6.92 Å². The highest BCUT2D eigenvalue weighted by molar-refractivity contribution is 6.27. The molecule has 1 aliphatic heterocycles. The number of amides is 1. The maximum Gasteiger partial charge on any atom is 0.387 e. The average Bonchev–Trinajstić information content (AvgIpc) is 2.96. The van der Waals surface area contributed by atoms with E-state index in [2.05, 4.69) is 14.8 Å². The fourth-order valence-electron chi connectivity index (χ4n) is 2.84. The largest absolute Gasteiger partial charge is 0.435 e. The fraction of sp³-hybridized carbons (Fsp3) is 0.211. The van der Waals surface area contributed by atoms with Crippen molar-refractivity contribution in [3.8, 4) is 11.8 Å². The van der Waals surface area contributed by atoms with Crippen molar-refractivity contribution in [3.63, 3.8) is 0 Å². The number of carbonyl (C=O) groups is 2. The fourth-order valence-corrected chi connectivity index (χ4v) is 2.84. The van der Waals surface area contributed by atoms with E-state index in [1.165, 1.54) is 42.7 Å². The minimum Gasteiger partial charge on any atom is -0.435 e. The van der Waals surface area contributed by atoms with Gasteiger partial charge >= 0.3 is 6.61 Å². The Hall–Kier alpha value is -3.67. The number of Topliss-reactive ketones (excluding diaryl/α,β-unsaturated/α-hetero) is 1. The van der Waals surface area contributed by atoms with E-state index in [0.717, 1.165) is 5.01 Å². The number of hydrogen-bond acceptors (Lipinski definition) is 6. The Labute approximate surface area is 158 Å². The Morgan fingerprint density at radius 3 is 2.68 bits per heavy atom. The summed E-state index contributed by atoms with van der Waals surface area (Å²) in [4.78, 5) is 29.2. The molecule has 3 rings (SSSR count). The molecular weight excluding hydrogens is 370 g/mol. The van der Waals surface area contributed by atoms with Gasteiger partial charge in [-0.2, -0.15) is 24.2 Å². The van der Waals surface area contributed by atoms with Crippen molar-refractivity contribution in [2.24, 2.45) is 11.0 Å². The monoisotopic (exact) mass is 384 g/mol. The lowest BCUT2D eigenvalue weighted by Crippen LogP contribution is -2.33. The van der Waals surface area contributed by atoms with Crippen LogP contribution in [0.3, 0.4) is 0 Å². The molecule has 142 valence electrons. The van der Waals surface area contributed by atoms with Gasteiger partial charge in [-0.05, 0) is 42.8 Å². The molecule has 2 aromatic rings. The number of pyridine rings is 1. The van der Waals surface area contributed by atoms with Crippen LogP contribution < -0.4 is 9.75 Å². The zero-order valence-electron chi connectivity index (χ0n) is 14.7. The van der Waals surface area contributed by atoms with Gasteiger partial charge in [0.2, 0.25) is 0 Å². The van der Waals surface area contributed by atoms with Gasteiger partial charge in [0, 0.05) is 18.8 Å². The Kier molecular flexibility index (Phi) is 5.40. The molecule has 1 aliphatic rings. The molecule has 0 N–H and O–H groups in total. The number of ketones is 1. The lowest BCUT2D eigenvalue weighted by molar-refractivity contribution is -0.128. The molecule has 7 nitrogen and oxygen atoms in total. The summed E-state index contributed by atoms with van der Waals surface area (Å²) in [6.07, 6.45) is 2.77. The van der Waals surface area contributed by atoms with Crippen LogP contribution in [0.4, 0.5) is 14.5 Å². The van der Waals surface area contributed by atoms with Crippen molar-refractivity contribution in [2.45, 2.75) is 20.0 Å². The Bertz CT molecular complexity index is 983. The molecule has 2 heterocycles. The Morgan fingerprint density at radius 2 is 2.04 bits per heavy atom. The van der Waals surface area contributed by atoms with Crippen LogP contribution in [0, 0.1) is 17.2 Å². The second kappa shape index (κ2) is 7.92. The minimum atomic E-state index is -2.95. The highest BCUT2D eigenvalue weighted by Gasteiger charge is 2.39. The number of rotatable bonds is 6. The van der Waals surface area contributed by atoms with E-state index in [-0.39, 0.29) is 18.0 Å². The molecule has 0 spiro atoms. The van der Waals surface area contributed by atoms with E-state index in [4.69, 9.17) is 5.26 Å². The summed E-state index contributed by atoms with van der Waals surface area (Å²) in [5.41, 5.74) is 1.50. The minimum absolute atomic E-state index is 0.0522. The van der Waals surface area contributed by atoms with Gasteiger partial charge in [0.1, 0.15) is 17.7 Å². The number of aromatic nitrogens is 1. The van der Waals surface area contributed by atoms with Crippen molar-refractivity contribution in [2.75, 3.05) is 5.01 Å². The first kappa shape index (κ1) is 19.1. The first-order valence-corrected chi connectivity index (χ1v) is 8.19. The van der Waals surface area contributed by atoms with Crippen LogP contribution in [0.15, 0.2) is 47.8 Å². The molecule has 1 atom stereocenters. The van der Waals surface area contributed by atoms with Crippen molar-refractivity contribution in [1.29, 1.82) is 5.26 Å². The summed E-state index contributed by atoms with van der Waals surface area (Å²) in [5.74, 6) is -2.01. The standard InChI is InChI=1S/C19H14F2N4O3/c1-11-17(16(26)7-12-6-13(8-22)10-23-9-12)18(27)25(24-11)14-2-4-15(5-3-14)28-19(20)21/h2-6,9-10,17,19H,7H2,1H3. The molecule has 1 amide bonds. The molecule has 0 saturated heterocycles. The number of benzene rings is 1. The summed E-state index contributed by atoms with van der Waals surface area (Å²) in [5, 5.41) is 14.1. The number of ether oxygens (including phenoxy) is 1. The molecule has 1 unspecified atom stereocenters. The topological polar surface area (TPSA) is 95.7 Å². The zero-order chi connectivity index (χ0) is 20.3. The molecule has 0 aliphatic carbocycles. The molecule has 1 aromatic carbocycles. The van der Waals surface area contributed by atoms with Crippen LogP contribution in [0.5, 0.6) is 5.75 Å². The summed E-state index contributed by atoms with van der Waals surface area (Å²) in [6, 6.07) is 8.86. The molecule has 0 radical (unpaired) electrons. The highest BCUT2D eigenvalue weighted by atomic mass is 19.3. The van der Waals surface area contributed by atoms with Crippen LogP contribution in [0.25, 0.3) is 0 Å². The van der Waals surface area contributed by atoms with Gasteiger partial charge in [0.15, 0.2) is 5.78 Å². The summed E-state index contributed by atoms with van der Waals surface area (Å²) in [6.45, 7) is -1.38. The third kappa shape index (κ3) is 4.01. The van der Waals surface area contributed by atoms with E-state index < -0.39 is 18.4 Å². The second-order valence-electron chi connectivity index (χ2n) is 6.03. The highest BCUT2D eigenvalue weighted by Crippen LogP contribution is 2.27. The van der Waals surface area contributed by atoms with E-state index in [9.17, 15) is 18.4 Å². The van der Waals surface area contributed by atoms with E-state index in [1.807, 2.05) is 6.07 Å². The van der Waals surface area contributed by atoms with Crippen molar-refractivity contribution >= 4 is 23.1 Å². The van der Waals surface area contributed by atoms with Gasteiger partial charge < -0.3 is 4.74 Å². The maximum absolute atomic E-state index is 12.7. The predicted molar refractivity (Wildman–Crippen MR) is 94.8 cm³/mol. The molecule has 9 heteroatoms. The molecule has 28 heavy (non-hydrogen) atoms. The number of nitriles is 1. The summed E-state index contributed by atoms with van der Waals surface area (Å²) in [7, 11) is 0. The van der Waals surface area contributed by atoms with Crippen molar-refractivity contribution < 1.29 is 23.1 Å². The van der Waals surface area contributed by atoms with Gasteiger partial charge in [-0.25, -0.2) is 0 Å². The van der Waals surface area contributed by atoms with Crippen molar-refractivity contribution in [3.05, 3.63) is 53.9 Å². The van der Waals surface area contributed by atoms with Crippen LogP contribution >= 0.6 is 0 Å². The van der Waals surface area contributed by atoms with E-state index in [0.29, 0.717) is 22.5 Å². The number of carbonyl (C=O) groups excluding carboxylic acids is 2. The number of alkyl halides is 2. The quantitative estimate of drug-likeness (QED) is 0.714. The number of nitrogens with zero attached hydrogens (tertiary/aromatic N) is 4. The predicted octanol–water partition coefficient (Wildman–Crippen LogP) is 2.71.